The van der Waals surface area contributed by atoms with Crippen molar-refractivity contribution in [3.8, 4) is 0 Å². The van der Waals surface area contributed by atoms with Crippen LogP contribution in [0, 0.1) is 10.1 Å². The standard InChI is InChI=1S/C15H12BrN5O4/c1-19-13(6-7-17-19)14(22)5-4-10-2-3-11(25-10)8-20-9-12(16)15(18-20)21(23)24/h2-7,9H,8H2,1H3/b5-4+. The third-order valence-corrected chi connectivity index (χ3v) is 3.90. The lowest BCUT2D eigenvalue weighted by atomic mass is 10.2. The second-order valence-electron chi connectivity index (χ2n) is 5.10. The summed E-state index contributed by atoms with van der Waals surface area (Å²) in [5.41, 5.74) is 0.469. The molecule has 0 aliphatic carbocycles. The molecule has 3 heterocycles. The van der Waals surface area contributed by atoms with Gasteiger partial charge in [-0.2, -0.15) is 9.78 Å². The molecule has 0 aliphatic heterocycles. The maximum absolute atomic E-state index is 12.0. The van der Waals surface area contributed by atoms with Crippen LogP contribution in [-0.2, 0) is 13.6 Å². The highest BCUT2D eigenvalue weighted by atomic mass is 79.9. The summed E-state index contributed by atoms with van der Waals surface area (Å²) in [6, 6.07) is 5.05. The van der Waals surface area contributed by atoms with Gasteiger partial charge in [-0.3, -0.25) is 9.48 Å². The summed E-state index contributed by atoms with van der Waals surface area (Å²) < 4.78 is 8.77. The van der Waals surface area contributed by atoms with Crippen molar-refractivity contribution in [2.24, 2.45) is 7.05 Å². The van der Waals surface area contributed by atoms with Gasteiger partial charge in [0, 0.05) is 13.2 Å². The first-order valence-electron chi connectivity index (χ1n) is 7.10. The van der Waals surface area contributed by atoms with Crippen molar-refractivity contribution in [2.45, 2.75) is 6.54 Å². The molecule has 3 aromatic rings. The van der Waals surface area contributed by atoms with Crippen LogP contribution < -0.4 is 0 Å². The zero-order valence-electron chi connectivity index (χ0n) is 13.0. The van der Waals surface area contributed by atoms with Gasteiger partial charge in [0.15, 0.2) is 0 Å². The summed E-state index contributed by atoms with van der Waals surface area (Å²) in [4.78, 5) is 22.3. The molecule has 128 valence electrons. The van der Waals surface area contributed by atoms with Gasteiger partial charge in [-0.25, -0.2) is 0 Å². The Labute approximate surface area is 149 Å². The van der Waals surface area contributed by atoms with Gasteiger partial charge in [-0.05, 0) is 51.2 Å². The molecule has 0 N–H and O–H groups in total. The second kappa shape index (κ2) is 6.85. The maximum atomic E-state index is 12.0. The molecule has 0 atom stereocenters. The van der Waals surface area contributed by atoms with Gasteiger partial charge >= 0.3 is 5.82 Å². The number of hydrogen-bond acceptors (Lipinski definition) is 6. The molecule has 0 aromatic carbocycles. The molecule has 3 aromatic heterocycles. The van der Waals surface area contributed by atoms with Crippen molar-refractivity contribution in [3.05, 3.63) is 68.5 Å². The zero-order valence-corrected chi connectivity index (χ0v) is 14.6. The van der Waals surface area contributed by atoms with E-state index in [1.54, 1.807) is 37.5 Å². The maximum Gasteiger partial charge on any atom is 0.404 e. The minimum Gasteiger partial charge on any atom is -0.460 e. The molecule has 0 radical (unpaired) electrons. The molecular formula is C15H12BrN5O4. The molecule has 10 heteroatoms. The van der Waals surface area contributed by atoms with E-state index in [9.17, 15) is 14.9 Å². The molecule has 0 saturated carbocycles. The van der Waals surface area contributed by atoms with Crippen molar-refractivity contribution in [1.82, 2.24) is 19.6 Å². The smallest absolute Gasteiger partial charge is 0.404 e. The fourth-order valence-corrected chi connectivity index (χ4v) is 2.64. The predicted octanol–water partition coefficient (Wildman–Crippen LogP) is 2.82. The van der Waals surface area contributed by atoms with Crippen molar-refractivity contribution >= 4 is 33.6 Å². The number of furan rings is 1. The van der Waals surface area contributed by atoms with Gasteiger partial charge in [0.25, 0.3) is 0 Å². The number of rotatable bonds is 6. The number of allylic oxidation sites excluding steroid dienone is 1. The highest BCUT2D eigenvalue weighted by molar-refractivity contribution is 9.10. The number of ketones is 1. The lowest BCUT2D eigenvalue weighted by Gasteiger charge is -1.95. The van der Waals surface area contributed by atoms with Crippen LogP contribution in [0.4, 0.5) is 5.82 Å². The largest absolute Gasteiger partial charge is 0.460 e. The average molecular weight is 406 g/mol. The van der Waals surface area contributed by atoms with E-state index < -0.39 is 4.92 Å². The van der Waals surface area contributed by atoms with Crippen LogP contribution in [0.1, 0.15) is 22.0 Å². The normalized spacial score (nSPS) is 11.3. The first-order chi connectivity index (χ1) is 11.9. The number of aromatic nitrogens is 4. The number of carbonyl (C=O) groups excluding carboxylic acids is 1. The molecule has 3 rings (SSSR count). The van der Waals surface area contributed by atoms with Gasteiger partial charge in [0.2, 0.25) is 5.78 Å². The van der Waals surface area contributed by atoms with E-state index >= 15 is 0 Å². The van der Waals surface area contributed by atoms with Crippen molar-refractivity contribution in [2.75, 3.05) is 0 Å². The van der Waals surface area contributed by atoms with Gasteiger partial charge in [-0.15, -0.1) is 0 Å². The Morgan fingerprint density at radius 1 is 1.44 bits per heavy atom. The minimum atomic E-state index is -0.569. The predicted molar refractivity (Wildman–Crippen MR) is 91.0 cm³/mol. The summed E-state index contributed by atoms with van der Waals surface area (Å²) in [5.74, 6) is 0.599. The number of nitrogens with zero attached hydrogens (tertiary/aromatic N) is 5. The number of nitro groups is 1. The van der Waals surface area contributed by atoms with E-state index in [2.05, 4.69) is 26.1 Å². The lowest BCUT2D eigenvalue weighted by Crippen LogP contribution is -2.03. The van der Waals surface area contributed by atoms with Gasteiger partial charge in [0.1, 0.15) is 28.2 Å². The molecule has 0 amide bonds. The van der Waals surface area contributed by atoms with Crippen LogP contribution in [0.5, 0.6) is 0 Å². The van der Waals surface area contributed by atoms with E-state index in [1.165, 1.54) is 21.6 Å². The first kappa shape index (κ1) is 16.8. The SMILES string of the molecule is Cn1nccc1C(=O)/C=C/c1ccc(Cn2cc(Br)c([N+](=O)[O-])n2)o1. The summed E-state index contributed by atoms with van der Waals surface area (Å²) in [6.45, 7) is 0.232. The third-order valence-electron chi connectivity index (χ3n) is 3.34. The minimum absolute atomic E-state index is 0.190. The van der Waals surface area contributed by atoms with Gasteiger partial charge in [0.05, 0.1) is 11.3 Å². The summed E-state index contributed by atoms with van der Waals surface area (Å²) in [7, 11) is 1.69. The Balaban J connectivity index is 1.69. The van der Waals surface area contributed by atoms with Crippen LogP contribution in [-0.4, -0.2) is 30.3 Å². The first-order valence-corrected chi connectivity index (χ1v) is 7.90. The monoisotopic (exact) mass is 405 g/mol. The molecule has 0 spiro atoms. The Morgan fingerprint density at radius 2 is 2.24 bits per heavy atom. The van der Waals surface area contributed by atoms with Crippen LogP contribution in [0.25, 0.3) is 6.08 Å². The molecule has 25 heavy (non-hydrogen) atoms. The van der Waals surface area contributed by atoms with E-state index in [0.717, 1.165) is 0 Å². The Bertz CT molecular complexity index is 968. The number of hydrogen-bond donors (Lipinski definition) is 0. The highest BCUT2D eigenvalue weighted by Crippen LogP contribution is 2.23. The van der Waals surface area contributed by atoms with Gasteiger partial charge < -0.3 is 14.5 Å². The van der Waals surface area contributed by atoms with Crippen LogP contribution in [0.3, 0.4) is 0 Å². The van der Waals surface area contributed by atoms with Gasteiger partial charge in [-0.1, -0.05) is 0 Å². The quantitative estimate of drug-likeness (QED) is 0.270. The number of halogens is 1. The summed E-state index contributed by atoms with van der Waals surface area (Å²) >= 11 is 3.09. The fourth-order valence-electron chi connectivity index (χ4n) is 2.18. The second-order valence-corrected chi connectivity index (χ2v) is 5.95. The van der Waals surface area contributed by atoms with E-state index in [0.29, 0.717) is 21.7 Å². The summed E-state index contributed by atoms with van der Waals surface area (Å²) in [5, 5.41) is 18.6. The van der Waals surface area contributed by atoms with E-state index in [-0.39, 0.29) is 18.1 Å². The third kappa shape index (κ3) is 3.74. The van der Waals surface area contributed by atoms with Crippen molar-refractivity contribution in [3.63, 3.8) is 0 Å². The van der Waals surface area contributed by atoms with Crippen molar-refractivity contribution in [1.29, 1.82) is 0 Å². The Morgan fingerprint density at radius 3 is 2.88 bits per heavy atom. The zero-order chi connectivity index (χ0) is 18.0. The number of carbonyl (C=O) groups is 1. The fraction of sp³-hybridized carbons (Fsp3) is 0.133. The molecule has 0 aliphatic rings. The highest BCUT2D eigenvalue weighted by Gasteiger charge is 2.19. The molecule has 0 unspecified atom stereocenters. The molecule has 0 saturated heterocycles. The van der Waals surface area contributed by atoms with Crippen LogP contribution in [0.15, 0.2) is 45.6 Å². The number of aryl methyl sites for hydroxylation is 1. The molecule has 9 nitrogen and oxygen atoms in total. The topological polar surface area (TPSA) is 109 Å². The van der Waals surface area contributed by atoms with Crippen LogP contribution >= 0.6 is 15.9 Å². The molecular weight excluding hydrogens is 394 g/mol. The average Bonchev–Trinajstić information content (AvgIpc) is 3.26. The Kier molecular flexibility index (Phi) is 4.61. The molecule has 0 bridgehead atoms. The summed E-state index contributed by atoms with van der Waals surface area (Å²) in [6.07, 6.45) is 6.00. The van der Waals surface area contributed by atoms with Crippen LogP contribution in [0.2, 0.25) is 0 Å². The molecule has 0 fully saturated rings. The van der Waals surface area contributed by atoms with Crippen molar-refractivity contribution < 1.29 is 14.1 Å². The van der Waals surface area contributed by atoms with E-state index in [4.69, 9.17) is 4.42 Å². The lowest BCUT2D eigenvalue weighted by molar-refractivity contribution is -0.390. The Hall–Kier alpha value is -3.01. The van der Waals surface area contributed by atoms with E-state index in [1.807, 2.05) is 0 Å².